The minimum Gasteiger partial charge on any atom is -0.446 e. The van der Waals surface area contributed by atoms with Gasteiger partial charge in [-0.1, -0.05) is 195 Å². The zero-order valence-electron chi connectivity index (χ0n) is 34.1. The SMILES string of the molecule is CCCCCCCCCCCCCCCCn1cc(Oc2cn(CCCCCCCCCCCCCCCC)c(CC)cc2=O)c(=O)cc1CC. The van der Waals surface area contributed by atoms with Gasteiger partial charge >= 0.3 is 0 Å². The van der Waals surface area contributed by atoms with E-state index in [2.05, 4.69) is 36.8 Å². The summed E-state index contributed by atoms with van der Waals surface area (Å²) in [4.78, 5) is 26.1. The van der Waals surface area contributed by atoms with Gasteiger partial charge in [0.2, 0.25) is 10.9 Å². The number of pyridine rings is 2. The summed E-state index contributed by atoms with van der Waals surface area (Å²) >= 11 is 0. The molecule has 0 spiro atoms. The maximum absolute atomic E-state index is 13.0. The molecule has 0 unspecified atom stereocenters. The Morgan fingerprint density at radius 1 is 0.392 bits per heavy atom. The van der Waals surface area contributed by atoms with Gasteiger partial charge in [0.1, 0.15) is 0 Å². The fourth-order valence-corrected chi connectivity index (χ4v) is 7.44. The lowest BCUT2D eigenvalue weighted by atomic mass is 10.0. The molecule has 0 N–H and O–H groups in total. The molecule has 0 saturated heterocycles. The Kier molecular flexibility index (Phi) is 26.6. The van der Waals surface area contributed by atoms with Crippen LogP contribution >= 0.6 is 0 Å². The number of unbranched alkanes of at least 4 members (excludes halogenated alkanes) is 26. The minimum absolute atomic E-state index is 0.151. The third-order valence-corrected chi connectivity index (χ3v) is 10.8. The number of rotatable bonds is 34. The maximum Gasteiger partial charge on any atom is 0.224 e. The summed E-state index contributed by atoms with van der Waals surface area (Å²) in [5, 5.41) is 0. The van der Waals surface area contributed by atoms with Crippen LogP contribution in [0.2, 0.25) is 0 Å². The number of hydrogen-bond acceptors (Lipinski definition) is 3. The van der Waals surface area contributed by atoms with Gasteiger partial charge in [0, 0.05) is 36.6 Å². The summed E-state index contributed by atoms with van der Waals surface area (Å²) in [5.74, 6) is 0.504. The van der Waals surface area contributed by atoms with Crippen LogP contribution in [0.25, 0.3) is 0 Å². The molecule has 0 fully saturated rings. The topological polar surface area (TPSA) is 53.2 Å². The predicted molar refractivity (Wildman–Crippen MR) is 221 cm³/mol. The first kappa shape index (κ1) is 44.9. The molecular formula is C46H80N2O3. The standard InChI is InChI=1S/C46H80N2O3/c1-5-9-11-13-15-17-19-21-23-25-27-29-31-33-35-47-39-45(43(49)37-41(47)7-3)51-46-40-48(42(8-4)38-44(46)50)36-34-32-30-28-26-24-22-20-18-16-14-12-10-6-2/h37-40H,5-36H2,1-4H3. The molecule has 0 aliphatic heterocycles. The van der Waals surface area contributed by atoms with Crippen LogP contribution < -0.4 is 15.6 Å². The molecule has 0 aliphatic carbocycles. The fourth-order valence-electron chi connectivity index (χ4n) is 7.44. The Hall–Kier alpha value is -2.30. The number of ether oxygens (including phenoxy) is 1. The van der Waals surface area contributed by atoms with E-state index in [4.69, 9.17) is 4.74 Å². The summed E-state index contributed by atoms with van der Waals surface area (Å²) in [6.07, 6.45) is 42.8. The van der Waals surface area contributed by atoms with Gasteiger partial charge in [-0.05, 0) is 25.7 Å². The largest absolute Gasteiger partial charge is 0.446 e. The van der Waals surface area contributed by atoms with Gasteiger partial charge in [-0.15, -0.1) is 0 Å². The van der Waals surface area contributed by atoms with E-state index < -0.39 is 0 Å². The second kappa shape index (κ2) is 30.2. The van der Waals surface area contributed by atoms with E-state index in [-0.39, 0.29) is 22.4 Å². The molecule has 0 bridgehead atoms. The van der Waals surface area contributed by atoms with Crippen molar-refractivity contribution in [1.82, 2.24) is 9.13 Å². The van der Waals surface area contributed by atoms with Crippen LogP contribution in [0.3, 0.4) is 0 Å². The van der Waals surface area contributed by atoms with Crippen LogP contribution in [0.15, 0.2) is 34.1 Å². The van der Waals surface area contributed by atoms with Gasteiger partial charge < -0.3 is 13.9 Å². The lowest BCUT2D eigenvalue weighted by molar-refractivity contribution is 0.447. The summed E-state index contributed by atoms with van der Waals surface area (Å²) in [7, 11) is 0. The van der Waals surface area contributed by atoms with Crippen LogP contribution in [0.5, 0.6) is 11.5 Å². The summed E-state index contributed by atoms with van der Waals surface area (Å²) in [6, 6.07) is 3.40. The first-order valence-electron chi connectivity index (χ1n) is 22.2. The number of aryl methyl sites for hydroxylation is 4. The van der Waals surface area contributed by atoms with Gasteiger partial charge in [-0.2, -0.15) is 0 Å². The van der Waals surface area contributed by atoms with Gasteiger partial charge in [0.05, 0.1) is 12.4 Å². The van der Waals surface area contributed by atoms with Crippen molar-refractivity contribution in [3.8, 4) is 11.5 Å². The van der Waals surface area contributed by atoms with Crippen LogP contribution in [0.1, 0.15) is 219 Å². The first-order valence-corrected chi connectivity index (χ1v) is 22.2. The van der Waals surface area contributed by atoms with Crippen molar-refractivity contribution < 1.29 is 4.74 Å². The minimum atomic E-state index is -0.151. The van der Waals surface area contributed by atoms with E-state index in [1.165, 1.54) is 167 Å². The Labute approximate surface area is 314 Å². The molecule has 292 valence electrons. The molecule has 0 amide bonds. The van der Waals surface area contributed by atoms with Crippen LogP contribution in [0, 0.1) is 0 Å². The first-order chi connectivity index (χ1) is 25.0. The number of hydrogen-bond donors (Lipinski definition) is 0. The molecule has 0 atom stereocenters. The van der Waals surface area contributed by atoms with E-state index in [0.29, 0.717) is 0 Å². The van der Waals surface area contributed by atoms with E-state index in [1.54, 1.807) is 12.1 Å². The Bertz CT molecular complexity index is 1150. The molecule has 51 heavy (non-hydrogen) atoms. The van der Waals surface area contributed by atoms with E-state index >= 15 is 0 Å². The van der Waals surface area contributed by atoms with Gasteiger partial charge in [0.15, 0.2) is 11.5 Å². The van der Waals surface area contributed by atoms with E-state index in [1.807, 2.05) is 12.4 Å². The van der Waals surface area contributed by atoms with E-state index in [0.717, 1.165) is 50.2 Å². The third kappa shape index (κ3) is 20.5. The highest BCUT2D eigenvalue weighted by atomic mass is 16.5. The molecule has 0 aliphatic rings. The van der Waals surface area contributed by atoms with Crippen molar-refractivity contribution in [3.63, 3.8) is 0 Å². The third-order valence-electron chi connectivity index (χ3n) is 10.8. The van der Waals surface area contributed by atoms with Crippen LogP contribution in [-0.4, -0.2) is 9.13 Å². The van der Waals surface area contributed by atoms with Gasteiger partial charge in [-0.3, -0.25) is 9.59 Å². The molecule has 2 aromatic rings. The molecule has 0 saturated carbocycles. The van der Waals surface area contributed by atoms with E-state index in [9.17, 15) is 9.59 Å². The summed E-state index contributed by atoms with van der Waals surface area (Å²) < 4.78 is 10.4. The number of nitrogens with zero attached hydrogens (tertiary/aromatic N) is 2. The fraction of sp³-hybridized carbons (Fsp3) is 0.783. The van der Waals surface area contributed by atoms with Gasteiger partial charge in [-0.25, -0.2) is 0 Å². The molecule has 0 aromatic carbocycles. The number of aromatic nitrogens is 2. The average Bonchev–Trinajstić information content (AvgIpc) is 3.13. The van der Waals surface area contributed by atoms with Crippen molar-refractivity contribution in [2.45, 2.75) is 233 Å². The molecule has 5 heteroatoms. The molecule has 0 radical (unpaired) electrons. The van der Waals surface area contributed by atoms with Crippen LogP contribution in [-0.2, 0) is 25.9 Å². The average molecular weight is 709 g/mol. The highest BCUT2D eigenvalue weighted by molar-refractivity contribution is 5.30. The summed E-state index contributed by atoms with van der Waals surface area (Å²) in [5.41, 5.74) is 1.75. The molecule has 2 heterocycles. The van der Waals surface area contributed by atoms with Crippen molar-refractivity contribution in [2.24, 2.45) is 0 Å². The highest BCUT2D eigenvalue weighted by Crippen LogP contribution is 2.20. The molecule has 2 aromatic heterocycles. The van der Waals surface area contributed by atoms with Crippen molar-refractivity contribution >= 4 is 0 Å². The molecule has 5 nitrogen and oxygen atoms in total. The zero-order valence-corrected chi connectivity index (χ0v) is 34.1. The van der Waals surface area contributed by atoms with Crippen LogP contribution in [0.4, 0.5) is 0 Å². The summed E-state index contributed by atoms with van der Waals surface area (Å²) in [6.45, 7) is 10.5. The smallest absolute Gasteiger partial charge is 0.224 e. The van der Waals surface area contributed by atoms with Gasteiger partial charge in [0.25, 0.3) is 0 Å². The maximum atomic E-state index is 13.0. The van der Waals surface area contributed by atoms with Crippen molar-refractivity contribution in [1.29, 1.82) is 0 Å². The molecular weight excluding hydrogens is 629 g/mol. The normalized spacial score (nSPS) is 11.5. The lowest BCUT2D eigenvalue weighted by Gasteiger charge is -2.16. The highest BCUT2D eigenvalue weighted by Gasteiger charge is 2.13. The predicted octanol–water partition coefficient (Wildman–Crippen LogP) is 13.9. The second-order valence-corrected chi connectivity index (χ2v) is 15.4. The Balaban J connectivity index is 1.75. The Morgan fingerprint density at radius 3 is 0.902 bits per heavy atom. The van der Waals surface area contributed by atoms with Crippen molar-refractivity contribution in [3.05, 3.63) is 56.4 Å². The quantitative estimate of drug-likeness (QED) is 0.0680. The monoisotopic (exact) mass is 709 g/mol. The molecule has 2 rings (SSSR count). The lowest BCUT2D eigenvalue weighted by Crippen LogP contribution is -2.18. The second-order valence-electron chi connectivity index (χ2n) is 15.4. The Morgan fingerprint density at radius 2 is 0.647 bits per heavy atom. The van der Waals surface area contributed by atoms with Crippen molar-refractivity contribution in [2.75, 3.05) is 0 Å². The zero-order chi connectivity index (χ0) is 36.8.